The Kier molecular flexibility index (Phi) is 3.97. The maximum atomic E-state index is 13.2. The zero-order valence-electron chi connectivity index (χ0n) is 14.9. The first kappa shape index (κ1) is 15.9. The van der Waals surface area contributed by atoms with Crippen LogP contribution in [0.2, 0.25) is 0 Å². The van der Waals surface area contributed by atoms with Crippen molar-refractivity contribution in [3.05, 3.63) is 59.2 Å². The van der Waals surface area contributed by atoms with E-state index in [0.717, 1.165) is 37.0 Å². The number of aryl methyl sites for hydroxylation is 2. The van der Waals surface area contributed by atoms with Crippen LogP contribution >= 0.6 is 0 Å². The molecule has 26 heavy (non-hydrogen) atoms. The number of hydrogen-bond acceptors (Lipinski definition) is 3. The first-order valence-corrected chi connectivity index (χ1v) is 9.55. The van der Waals surface area contributed by atoms with Gasteiger partial charge in [-0.25, -0.2) is 9.37 Å². The van der Waals surface area contributed by atoms with Crippen LogP contribution in [0.25, 0.3) is 11.0 Å². The Hall–Kier alpha value is -2.27. The highest BCUT2D eigenvalue weighted by molar-refractivity contribution is 5.83. The first-order chi connectivity index (χ1) is 12.8. The average molecular weight is 350 g/mol. The van der Waals surface area contributed by atoms with Gasteiger partial charge < -0.3 is 4.57 Å². The number of halogens is 1. The summed E-state index contributed by atoms with van der Waals surface area (Å²) in [4.78, 5) is 11.4. The SMILES string of the molecule is FCc1ccc2c(n1)c1c(n2CCc2ccncc2)CCN2CCCC12. The fourth-order valence-corrected chi connectivity index (χ4v) is 4.75. The summed E-state index contributed by atoms with van der Waals surface area (Å²) < 4.78 is 15.7. The average Bonchev–Trinajstić information content (AvgIpc) is 3.28. The van der Waals surface area contributed by atoms with Crippen LogP contribution in [0.15, 0.2) is 36.7 Å². The lowest BCUT2D eigenvalue weighted by atomic mass is 9.98. The van der Waals surface area contributed by atoms with Crippen molar-refractivity contribution in [2.24, 2.45) is 0 Å². The first-order valence-electron chi connectivity index (χ1n) is 9.55. The Balaban J connectivity index is 1.61. The van der Waals surface area contributed by atoms with Gasteiger partial charge >= 0.3 is 0 Å². The number of alkyl halides is 1. The minimum absolute atomic E-state index is 0.464. The van der Waals surface area contributed by atoms with Gasteiger partial charge in [0.2, 0.25) is 0 Å². The summed E-state index contributed by atoms with van der Waals surface area (Å²) in [7, 11) is 0. The zero-order chi connectivity index (χ0) is 17.5. The maximum absolute atomic E-state index is 13.2. The molecule has 3 aromatic heterocycles. The van der Waals surface area contributed by atoms with E-state index in [9.17, 15) is 4.39 Å². The third kappa shape index (κ3) is 2.53. The van der Waals surface area contributed by atoms with Crippen LogP contribution in [0.5, 0.6) is 0 Å². The molecule has 5 rings (SSSR count). The number of nitrogens with zero attached hydrogens (tertiary/aromatic N) is 4. The lowest BCUT2D eigenvalue weighted by Gasteiger charge is -2.30. The second kappa shape index (κ2) is 6.47. The molecule has 1 saturated heterocycles. The zero-order valence-corrected chi connectivity index (χ0v) is 14.9. The van der Waals surface area contributed by atoms with E-state index >= 15 is 0 Å². The van der Waals surface area contributed by atoms with Crippen LogP contribution in [0.3, 0.4) is 0 Å². The molecule has 0 spiro atoms. The van der Waals surface area contributed by atoms with Crippen molar-refractivity contribution in [3.8, 4) is 0 Å². The molecule has 0 saturated carbocycles. The number of pyridine rings is 2. The van der Waals surface area contributed by atoms with E-state index in [4.69, 9.17) is 4.98 Å². The van der Waals surface area contributed by atoms with Crippen molar-refractivity contribution in [2.45, 2.75) is 44.9 Å². The number of hydrogen-bond donors (Lipinski definition) is 0. The third-order valence-corrected chi connectivity index (χ3v) is 5.96. The van der Waals surface area contributed by atoms with Gasteiger partial charge in [0.05, 0.1) is 16.7 Å². The van der Waals surface area contributed by atoms with Crippen molar-refractivity contribution >= 4 is 11.0 Å². The lowest BCUT2D eigenvalue weighted by Crippen LogP contribution is -2.31. The predicted molar refractivity (Wildman–Crippen MR) is 99.7 cm³/mol. The topological polar surface area (TPSA) is 34.0 Å². The molecule has 1 fully saturated rings. The molecule has 1 unspecified atom stereocenters. The molecule has 1 atom stereocenters. The molecule has 5 heteroatoms. The number of aromatic nitrogens is 3. The van der Waals surface area contributed by atoms with Crippen LogP contribution in [0.4, 0.5) is 4.39 Å². The Morgan fingerprint density at radius 1 is 1.12 bits per heavy atom. The van der Waals surface area contributed by atoms with Crippen LogP contribution in [0, 0.1) is 0 Å². The van der Waals surface area contributed by atoms with Gasteiger partial charge in [-0.1, -0.05) is 0 Å². The molecule has 0 amide bonds. The van der Waals surface area contributed by atoms with Gasteiger partial charge in [0.25, 0.3) is 0 Å². The summed E-state index contributed by atoms with van der Waals surface area (Å²) in [5.74, 6) is 0. The van der Waals surface area contributed by atoms with Crippen molar-refractivity contribution in [1.29, 1.82) is 0 Å². The highest BCUT2D eigenvalue weighted by atomic mass is 19.1. The lowest BCUT2D eigenvalue weighted by molar-refractivity contribution is 0.241. The van der Waals surface area contributed by atoms with E-state index in [2.05, 4.69) is 32.7 Å². The normalized spacial score (nSPS) is 19.7. The van der Waals surface area contributed by atoms with Gasteiger partial charge in [-0.2, -0.15) is 0 Å². The van der Waals surface area contributed by atoms with E-state index in [1.165, 1.54) is 36.2 Å². The smallest absolute Gasteiger partial charge is 0.131 e. The van der Waals surface area contributed by atoms with E-state index in [-0.39, 0.29) is 0 Å². The van der Waals surface area contributed by atoms with Crippen molar-refractivity contribution < 1.29 is 4.39 Å². The molecule has 2 aliphatic rings. The molecule has 0 bridgehead atoms. The van der Waals surface area contributed by atoms with Gasteiger partial charge in [-0.05, 0) is 55.6 Å². The van der Waals surface area contributed by atoms with E-state index < -0.39 is 6.67 Å². The van der Waals surface area contributed by atoms with Crippen molar-refractivity contribution in [3.63, 3.8) is 0 Å². The van der Waals surface area contributed by atoms with Crippen LogP contribution in [-0.4, -0.2) is 32.5 Å². The molecule has 0 aromatic carbocycles. The molecule has 5 heterocycles. The van der Waals surface area contributed by atoms with Crippen LogP contribution in [-0.2, 0) is 26.1 Å². The molecule has 134 valence electrons. The van der Waals surface area contributed by atoms with Gasteiger partial charge in [0, 0.05) is 49.2 Å². The molecule has 0 aliphatic carbocycles. The van der Waals surface area contributed by atoms with E-state index in [0.29, 0.717) is 11.7 Å². The van der Waals surface area contributed by atoms with Crippen LogP contribution in [0.1, 0.15) is 41.4 Å². The standard InChI is InChI=1S/C21H23FN4/c22-14-16-3-4-19-21(24-16)20-17-2-1-11-25(17)12-8-18(20)26(19)13-7-15-5-9-23-10-6-15/h3-6,9-10,17H,1-2,7-8,11-14H2. The summed E-state index contributed by atoms with van der Waals surface area (Å²) in [6.07, 6.45) is 8.17. The summed E-state index contributed by atoms with van der Waals surface area (Å²) in [6.45, 7) is 2.73. The Morgan fingerprint density at radius 3 is 2.85 bits per heavy atom. The van der Waals surface area contributed by atoms with Gasteiger partial charge in [-0.3, -0.25) is 9.88 Å². The minimum Gasteiger partial charge on any atom is -0.343 e. The number of fused-ring (bicyclic) bond motifs is 5. The molecular formula is C21H23FN4. The summed E-state index contributed by atoms with van der Waals surface area (Å²) in [5.41, 5.74) is 6.81. The van der Waals surface area contributed by atoms with Crippen molar-refractivity contribution in [1.82, 2.24) is 19.4 Å². The monoisotopic (exact) mass is 350 g/mol. The number of rotatable bonds is 4. The summed E-state index contributed by atoms with van der Waals surface area (Å²) in [5, 5.41) is 0. The Bertz CT molecular complexity index is 934. The third-order valence-electron chi connectivity index (χ3n) is 5.96. The molecule has 2 aliphatic heterocycles. The fraction of sp³-hybridized carbons (Fsp3) is 0.429. The predicted octanol–water partition coefficient (Wildman–Crippen LogP) is 3.84. The van der Waals surface area contributed by atoms with Crippen molar-refractivity contribution in [2.75, 3.05) is 13.1 Å². The quantitative estimate of drug-likeness (QED) is 0.717. The van der Waals surface area contributed by atoms with Gasteiger partial charge in [0.15, 0.2) is 0 Å². The minimum atomic E-state index is -0.499. The summed E-state index contributed by atoms with van der Waals surface area (Å²) in [6, 6.07) is 8.53. The molecule has 0 radical (unpaired) electrons. The van der Waals surface area contributed by atoms with Gasteiger partial charge in [0.1, 0.15) is 6.67 Å². The summed E-state index contributed by atoms with van der Waals surface area (Å²) >= 11 is 0. The van der Waals surface area contributed by atoms with E-state index in [1.807, 2.05) is 18.5 Å². The van der Waals surface area contributed by atoms with Crippen LogP contribution < -0.4 is 0 Å². The molecular weight excluding hydrogens is 327 g/mol. The maximum Gasteiger partial charge on any atom is 0.131 e. The second-order valence-corrected chi connectivity index (χ2v) is 7.37. The van der Waals surface area contributed by atoms with Gasteiger partial charge in [-0.15, -0.1) is 0 Å². The van der Waals surface area contributed by atoms with E-state index in [1.54, 1.807) is 0 Å². The Morgan fingerprint density at radius 2 is 2.00 bits per heavy atom. The molecule has 4 nitrogen and oxygen atoms in total. The highest BCUT2D eigenvalue weighted by Crippen LogP contribution is 2.42. The molecule has 3 aromatic rings. The largest absolute Gasteiger partial charge is 0.343 e. The Labute approximate surface area is 152 Å². The second-order valence-electron chi connectivity index (χ2n) is 7.37. The highest BCUT2D eigenvalue weighted by Gasteiger charge is 2.35. The molecule has 0 N–H and O–H groups in total. The fourth-order valence-electron chi connectivity index (χ4n) is 4.75.